The molecule has 1 aromatic heterocycles. The summed E-state index contributed by atoms with van der Waals surface area (Å²) in [6.45, 7) is 2.29. The Balaban J connectivity index is 2.63. The number of rotatable bonds is 9. The Kier molecular flexibility index (Phi) is 7.38. The van der Waals surface area contributed by atoms with Gasteiger partial charge in [-0.2, -0.15) is 0 Å². The fraction of sp³-hybridized carbons (Fsp3) is 0.421. The zero-order valence-electron chi connectivity index (χ0n) is 16.0. The number of hydrogen-bond donors (Lipinski definition) is 2. The highest BCUT2D eigenvalue weighted by Gasteiger charge is 2.25. The summed E-state index contributed by atoms with van der Waals surface area (Å²) in [5.74, 6) is 1.27. The van der Waals surface area contributed by atoms with Crippen molar-refractivity contribution in [1.29, 1.82) is 0 Å². The maximum absolute atomic E-state index is 11.9. The van der Waals surface area contributed by atoms with Crippen molar-refractivity contribution >= 4 is 17.6 Å². The molecule has 2 aromatic rings. The maximum Gasteiger partial charge on any atom is 0.312 e. The lowest BCUT2D eigenvalue weighted by molar-refractivity contribution is -0.134. The maximum atomic E-state index is 11.9. The second-order valence-electron chi connectivity index (χ2n) is 5.77. The summed E-state index contributed by atoms with van der Waals surface area (Å²) < 4.78 is 21.7. The van der Waals surface area contributed by atoms with E-state index < -0.39 is 0 Å². The highest BCUT2D eigenvalue weighted by atomic mass is 35.5. The standard InChI is InChI=1S/C19H25ClN2O5/c1-5-6-14(23)27-19-16(20)15(12(22-19)9-10-21)11-7-8-13(24-2)18(26-4)17(11)25-3/h7-8,22H,5-6,9-10,21H2,1-4H3. The first-order valence-electron chi connectivity index (χ1n) is 8.62. The Morgan fingerprint density at radius 3 is 2.41 bits per heavy atom. The first-order chi connectivity index (χ1) is 13.0. The van der Waals surface area contributed by atoms with Gasteiger partial charge < -0.3 is 29.7 Å². The van der Waals surface area contributed by atoms with Crippen molar-refractivity contribution in [3.8, 4) is 34.3 Å². The number of halogens is 1. The van der Waals surface area contributed by atoms with Gasteiger partial charge in [-0.05, 0) is 25.1 Å². The number of benzene rings is 1. The van der Waals surface area contributed by atoms with Crippen LogP contribution in [0.5, 0.6) is 23.1 Å². The van der Waals surface area contributed by atoms with Crippen LogP contribution in [0.2, 0.25) is 5.02 Å². The molecule has 0 atom stereocenters. The monoisotopic (exact) mass is 396 g/mol. The number of H-pyrrole nitrogens is 1. The van der Waals surface area contributed by atoms with E-state index in [1.54, 1.807) is 13.2 Å². The van der Waals surface area contributed by atoms with Gasteiger partial charge in [0.25, 0.3) is 0 Å². The van der Waals surface area contributed by atoms with E-state index in [1.807, 2.05) is 13.0 Å². The van der Waals surface area contributed by atoms with Crippen molar-refractivity contribution < 1.29 is 23.7 Å². The topological polar surface area (TPSA) is 95.8 Å². The number of hydrogen-bond acceptors (Lipinski definition) is 6. The number of aromatic nitrogens is 1. The van der Waals surface area contributed by atoms with Gasteiger partial charge in [-0.15, -0.1) is 0 Å². The van der Waals surface area contributed by atoms with Gasteiger partial charge in [0.05, 0.1) is 21.3 Å². The molecule has 0 spiro atoms. The number of nitrogens with one attached hydrogen (secondary N) is 1. The molecule has 0 bridgehead atoms. The molecule has 0 amide bonds. The van der Waals surface area contributed by atoms with E-state index in [-0.39, 0.29) is 16.9 Å². The first kappa shape index (κ1) is 20.9. The molecule has 148 valence electrons. The molecule has 8 heteroatoms. The fourth-order valence-corrected chi connectivity index (χ4v) is 3.15. The molecular weight excluding hydrogens is 372 g/mol. The Morgan fingerprint density at radius 2 is 1.85 bits per heavy atom. The van der Waals surface area contributed by atoms with Crippen LogP contribution in [0.4, 0.5) is 0 Å². The number of nitrogens with two attached hydrogens (primary N) is 1. The molecule has 3 N–H and O–H groups in total. The molecule has 1 heterocycles. The second-order valence-corrected chi connectivity index (χ2v) is 6.14. The van der Waals surface area contributed by atoms with E-state index in [0.29, 0.717) is 54.2 Å². The van der Waals surface area contributed by atoms with Crippen molar-refractivity contribution in [3.05, 3.63) is 22.8 Å². The molecule has 1 aromatic carbocycles. The lowest BCUT2D eigenvalue weighted by Gasteiger charge is -2.16. The van der Waals surface area contributed by atoms with E-state index in [9.17, 15) is 4.79 Å². The van der Waals surface area contributed by atoms with Gasteiger partial charge in [-0.25, -0.2) is 0 Å². The van der Waals surface area contributed by atoms with Crippen molar-refractivity contribution in [2.45, 2.75) is 26.2 Å². The minimum atomic E-state index is -0.356. The summed E-state index contributed by atoms with van der Waals surface area (Å²) >= 11 is 6.57. The van der Waals surface area contributed by atoms with E-state index in [0.717, 1.165) is 5.69 Å². The minimum absolute atomic E-state index is 0.199. The fourth-order valence-electron chi connectivity index (χ4n) is 2.85. The van der Waals surface area contributed by atoms with Crippen molar-refractivity contribution in [2.24, 2.45) is 5.73 Å². The number of ether oxygens (including phenoxy) is 4. The van der Waals surface area contributed by atoms with Gasteiger partial charge >= 0.3 is 5.97 Å². The third-order valence-corrected chi connectivity index (χ3v) is 4.38. The lowest BCUT2D eigenvalue weighted by Crippen LogP contribution is -2.08. The summed E-state index contributed by atoms with van der Waals surface area (Å²) in [5, 5.41) is 0.286. The predicted molar refractivity (Wildman–Crippen MR) is 104 cm³/mol. The third kappa shape index (κ3) is 4.31. The smallest absolute Gasteiger partial charge is 0.312 e. The predicted octanol–water partition coefficient (Wildman–Crippen LogP) is 3.57. The third-order valence-electron chi connectivity index (χ3n) is 4.02. The quantitative estimate of drug-likeness (QED) is 0.629. The van der Waals surface area contributed by atoms with Gasteiger partial charge in [0.2, 0.25) is 11.6 Å². The van der Waals surface area contributed by atoms with Gasteiger partial charge in [-0.3, -0.25) is 4.79 Å². The summed E-state index contributed by atoms with van der Waals surface area (Å²) in [4.78, 5) is 15.0. The van der Waals surface area contributed by atoms with Gasteiger partial charge in [-0.1, -0.05) is 18.5 Å². The average Bonchev–Trinajstić information content (AvgIpc) is 2.95. The number of methoxy groups -OCH3 is 3. The van der Waals surface area contributed by atoms with Crippen molar-refractivity contribution in [1.82, 2.24) is 4.98 Å². The van der Waals surface area contributed by atoms with Crippen LogP contribution >= 0.6 is 11.6 Å². The van der Waals surface area contributed by atoms with Crippen LogP contribution in [0.3, 0.4) is 0 Å². The van der Waals surface area contributed by atoms with Crippen LogP contribution in [-0.4, -0.2) is 38.8 Å². The Bertz CT molecular complexity index is 804. The molecule has 0 unspecified atom stereocenters. The molecule has 0 fully saturated rings. The number of esters is 1. The highest BCUT2D eigenvalue weighted by Crippen LogP contribution is 2.49. The number of carbonyl (C=O) groups excluding carboxylic acids is 1. The highest BCUT2D eigenvalue weighted by molar-refractivity contribution is 6.35. The first-order valence-corrected chi connectivity index (χ1v) is 9.00. The second kappa shape index (κ2) is 9.53. The van der Waals surface area contributed by atoms with E-state index in [4.69, 9.17) is 36.3 Å². The average molecular weight is 397 g/mol. The van der Waals surface area contributed by atoms with Crippen molar-refractivity contribution in [3.63, 3.8) is 0 Å². The van der Waals surface area contributed by atoms with Crippen LogP contribution in [-0.2, 0) is 11.2 Å². The molecule has 0 radical (unpaired) electrons. The largest absolute Gasteiger partial charge is 0.493 e. The summed E-state index contributed by atoms with van der Waals surface area (Å²) in [6.07, 6.45) is 1.50. The molecule has 0 saturated carbocycles. The molecular formula is C19H25ClN2O5. The van der Waals surface area contributed by atoms with Crippen LogP contribution in [0.25, 0.3) is 11.1 Å². The molecule has 27 heavy (non-hydrogen) atoms. The zero-order valence-corrected chi connectivity index (χ0v) is 16.7. The summed E-state index contributed by atoms with van der Waals surface area (Å²) in [7, 11) is 4.61. The van der Waals surface area contributed by atoms with Crippen LogP contribution in [0.1, 0.15) is 25.5 Å². The summed E-state index contributed by atoms with van der Waals surface area (Å²) in [6, 6.07) is 3.57. The van der Waals surface area contributed by atoms with E-state index in [1.165, 1.54) is 14.2 Å². The minimum Gasteiger partial charge on any atom is -0.493 e. The Morgan fingerprint density at radius 1 is 1.15 bits per heavy atom. The molecule has 2 rings (SSSR count). The van der Waals surface area contributed by atoms with E-state index >= 15 is 0 Å². The molecule has 0 aliphatic rings. The number of aromatic amines is 1. The zero-order chi connectivity index (χ0) is 20.0. The van der Waals surface area contributed by atoms with Crippen LogP contribution < -0.4 is 24.7 Å². The SMILES string of the molecule is CCCC(=O)Oc1[nH]c(CCN)c(-c2ccc(OC)c(OC)c2OC)c1Cl. The van der Waals surface area contributed by atoms with Gasteiger partial charge in [0.1, 0.15) is 5.02 Å². The van der Waals surface area contributed by atoms with Crippen molar-refractivity contribution in [2.75, 3.05) is 27.9 Å². The summed E-state index contributed by atoms with van der Waals surface area (Å²) in [5.41, 5.74) is 7.81. The molecule has 0 aliphatic carbocycles. The van der Waals surface area contributed by atoms with Crippen LogP contribution in [0, 0.1) is 0 Å². The Labute approximate surface area is 163 Å². The molecule has 0 aliphatic heterocycles. The normalized spacial score (nSPS) is 10.6. The lowest BCUT2D eigenvalue weighted by atomic mass is 10.0. The van der Waals surface area contributed by atoms with Crippen LogP contribution in [0.15, 0.2) is 12.1 Å². The van der Waals surface area contributed by atoms with Gasteiger partial charge in [0, 0.05) is 29.7 Å². The number of carbonyl (C=O) groups is 1. The molecule has 0 saturated heterocycles. The Hall–Kier alpha value is -2.38. The molecule has 7 nitrogen and oxygen atoms in total. The van der Waals surface area contributed by atoms with Gasteiger partial charge in [0.15, 0.2) is 11.5 Å². The van der Waals surface area contributed by atoms with E-state index in [2.05, 4.69) is 4.98 Å².